The van der Waals surface area contributed by atoms with Gasteiger partial charge in [-0.2, -0.15) is 0 Å². The topological polar surface area (TPSA) is 61.4 Å². The molecule has 0 spiro atoms. The predicted molar refractivity (Wildman–Crippen MR) is 69.3 cm³/mol. The van der Waals surface area contributed by atoms with E-state index in [0.29, 0.717) is 17.9 Å². The fourth-order valence-electron chi connectivity index (χ4n) is 1.20. The Morgan fingerprint density at radius 2 is 1.56 bits per heavy atom. The maximum atomic E-state index is 11.1. The Balaban J connectivity index is 0.00000106. The van der Waals surface area contributed by atoms with Crippen LogP contribution in [0.25, 0.3) is 0 Å². The van der Waals surface area contributed by atoms with Gasteiger partial charge >= 0.3 is 0 Å². The number of hydrogen-bond acceptors (Lipinski definition) is 5. The SMILES string of the molecule is CC.CNc1c(NCCN(C)C)c(=O)c1=O. The first-order chi connectivity index (χ1) is 7.57. The van der Waals surface area contributed by atoms with Gasteiger partial charge in [0.25, 0.3) is 10.9 Å². The standard InChI is InChI=1S/C9H15N3O2.C2H6/c1-10-6-7(9(14)8(6)13)11-4-5-12(2)3;1-2/h10-11H,4-5H2,1-3H3;1-2H3. The van der Waals surface area contributed by atoms with Crippen molar-refractivity contribution in [3.63, 3.8) is 0 Å². The normalized spacial score (nSPS) is 9.88. The molecule has 0 aromatic heterocycles. The lowest BCUT2D eigenvalue weighted by molar-refractivity contribution is 0.425. The van der Waals surface area contributed by atoms with Gasteiger partial charge in [0.1, 0.15) is 11.4 Å². The van der Waals surface area contributed by atoms with Crippen molar-refractivity contribution in [1.29, 1.82) is 0 Å². The summed E-state index contributed by atoms with van der Waals surface area (Å²) >= 11 is 0. The average Bonchev–Trinajstić information content (AvgIpc) is 2.29. The van der Waals surface area contributed by atoms with Gasteiger partial charge in [0.05, 0.1) is 0 Å². The fraction of sp³-hybridized carbons (Fsp3) is 0.636. The third kappa shape index (κ3) is 3.34. The molecule has 1 aromatic rings. The molecule has 92 valence electrons. The average molecular weight is 227 g/mol. The Morgan fingerprint density at radius 3 is 2.00 bits per heavy atom. The monoisotopic (exact) mass is 227 g/mol. The van der Waals surface area contributed by atoms with E-state index in [4.69, 9.17) is 0 Å². The van der Waals surface area contributed by atoms with E-state index in [0.717, 1.165) is 6.54 Å². The van der Waals surface area contributed by atoms with E-state index in [1.54, 1.807) is 7.05 Å². The van der Waals surface area contributed by atoms with E-state index in [1.807, 2.05) is 32.8 Å². The quantitative estimate of drug-likeness (QED) is 0.710. The van der Waals surface area contributed by atoms with Crippen LogP contribution >= 0.6 is 0 Å². The number of nitrogens with zero attached hydrogens (tertiary/aromatic N) is 1. The molecule has 0 atom stereocenters. The van der Waals surface area contributed by atoms with Crippen molar-refractivity contribution >= 4 is 11.4 Å². The van der Waals surface area contributed by atoms with Crippen LogP contribution in [0.15, 0.2) is 9.59 Å². The van der Waals surface area contributed by atoms with Gasteiger partial charge in [-0.1, -0.05) is 13.8 Å². The number of rotatable bonds is 5. The van der Waals surface area contributed by atoms with Crippen LogP contribution in [-0.4, -0.2) is 39.1 Å². The Hall–Kier alpha value is -1.36. The second kappa shape index (κ2) is 7.00. The van der Waals surface area contributed by atoms with E-state index in [1.165, 1.54) is 0 Å². The van der Waals surface area contributed by atoms with Crippen LogP contribution in [0.2, 0.25) is 0 Å². The second-order valence-corrected chi connectivity index (χ2v) is 3.39. The molecule has 0 fully saturated rings. The summed E-state index contributed by atoms with van der Waals surface area (Å²) in [6.45, 7) is 5.48. The highest BCUT2D eigenvalue weighted by atomic mass is 16.2. The maximum Gasteiger partial charge on any atom is 0.253 e. The molecule has 16 heavy (non-hydrogen) atoms. The summed E-state index contributed by atoms with van der Waals surface area (Å²) < 4.78 is 0. The van der Waals surface area contributed by atoms with Gasteiger partial charge < -0.3 is 15.5 Å². The Labute approximate surface area is 96.2 Å². The zero-order valence-corrected chi connectivity index (χ0v) is 10.7. The number of anilines is 2. The predicted octanol–water partition coefficient (Wildman–Crippen LogP) is 0.324. The third-order valence-electron chi connectivity index (χ3n) is 2.02. The summed E-state index contributed by atoms with van der Waals surface area (Å²) in [5.74, 6) is 0. The zero-order chi connectivity index (χ0) is 12.7. The van der Waals surface area contributed by atoms with Crippen molar-refractivity contribution in [2.24, 2.45) is 0 Å². The van der Waals surface area contributed by atoms with Crippen molar-refractivity contribution in [3.8, 4) is 0 Å². The lowest BCUT2D eigenvalue weighted by atomic mass is 10.2. The molecule has 1 aromatic carbocycles. The van der Waals surface area contributed by atoms with Crippen molar-refractivity contribution in [2.45, 2.75) is 13.8 Å². The fourth-order valence-corrected chi connectivity index (χ4v) is 1.20. The van der Waals surface area contributed by atoms with E-state index in [9.17, 15) is 9.59 Å². The van der Waals surface area contributed by atoms with Gasteiger partial charge in [0.2, 0.25) is 0 Å². The van der Waals surface area contributed by atoms with Crippen LogP contribution in [0.4, 0.5) is 11.4 Å². The molecule has 0 saturated heterocycles. The van der Waals surface area contributed by atoms with E-state index >= 15 is 0 Å². The first kappa shape index (κ1) is 14.6. The minimum atomic E-state index is -0.431. The van der Waals surface area contributed by atoms with E-state index in [2.05, 4.69) is 10.6 Å². The zero-order valence-electron chi connectivity index (χ0n) is 10.7. The highest BCUT2D eigenvalue weighted by Gasteiger charge is 2.18. The molecular weight excluding hydrogens is 206 g/mol. The van der Waals surface area contributed by atoms with Crippen LogP contribution in [0.5, 0.6) is 0 Å². The van der Waals surface area contributed by atoms with Crippen LogP contribution in [0.3, 0.4) is 0 Å². The third-order valence-corrected chi connectivity index (χ3v) is 2.02. The molecule has 0 radical (unpaired) electrons. The lowest BCUT2D eigenvalue weighted by Crippen LogP contribution is -2.37. The van der Waals surface area contributed by atoms with Crippen molar-refractivity contribution < 1.29 is 0 Å². The van der Waals surface area contributed by atoms with Crippen LogP contribution in [0.1, 0.15) is 13.8 Å². The first-order valence-electron chi connectivity index (χ1n) is 5.47. The van der Waals surface area contributed by atoms with Crippen molar-refractivity contribution in [1.82, 2.24) is 4.90 Å². The van der Waals surface area contributed by atoms with Crippen LogP contribution < -0.4 is 21.5 Å². The first-order valence-corrected chi connectivity index (χ1v) is 5.47. The van der Waals surface area contributed by atoms with E-state index in [-0.39, 0.29) is 0 Å². The number of likely N-dealkylation sites (N-methyl/N-ethyl adjacent to an activating group) is 1. The minimum absolute atomic E-state index is 0.397. The van der Waals surface area contributed by atoms with Crippen LogP contribution in [-0.2, 0) is 0 Å². The summed E-state index contributed by atoms with van der Waals surface area (Å²) in [6.07, 6.45) is 0. The second-order valence-electron chi connectivity index (χ2n) is 3.39. The van der Waals surface area contributed by atoms with Crippen LogP contribution in [0, 0.1) is 0 Å². The smallest absolute Gasteiger partial charge is 0.253 e. The Bertz CT molecular complexity index is 378. The lowest BCUT2D eigenvalue weighted by Gasteiger charge is -2.14. The molecule has 5 heteroatoms. The molecule has 0 bridgehead atoms. The molecule has 0 amide bonds. The van der Waals surface area contributed by atoms with Gasteiger partial charge in [0.15, 0.2) is 0 Å². The number of nitrogens with one attached hydrogen (secondary N) is 2. The molecule has 0 aliphatic carbocycles. The molecule has 5 nitrogen and oxygen atoms in total. The van der Waals surface area contributed by atoms with Gasteiger partial charge in [-0.05, 0) is 14.1 Å². The van der Waals surface area contributed by atoms with Gasteiger partial charge in [-0.15, -0.1) is 0 Å². The molecule has 0 aliphatic rings. The summed E-state index contributed by atoms with van der Waals surface area (Å²) in [5, 5.41) is 5.64. The van der Waals surface area contributed by atoms with Crippen molar-refractivity contribution in [2.75, 3.05) is 44.9 Å². The Morgan fingerprint density at radius 1 is 1.06 bits per heavy atom. The summed E-state index contributed by atoms with van der Waals surface area (Å²) in [5.41, 5.74) is -0.0407. The maximum absolute atomic E-state index is 11.1. The minimum Gasteiger partial charge on any atom is -0.383 e. The molecule has 0 unspecified atom stereocenters. The summed E-state index contributed by atoms with van der Waals surface area (Å²) in [7, 11) is 5.53. The molecule has 1 rings (SSSR count). The molecular formula is C11H21N3O2. The molecule has 2 N–H and O–H groups in total. The molecule has 0 aliphatic heterocycles. The Kier molecular flexibility index (Phi) is 6.41. The highest BCUT2D eigenvalue weighted by Crippen LogP contribution is 2.12. The van der Waals surface area contributed by atoms with Crippen molar-refractivity contribution in [3.05, 3.63) is 20.4 Å². The van der Waals surface area contributed by atoms with Gasteiger partial charge in [0, 0.05) is 20.1 Å². The summed E-state index contributed by atoms with van der Waals surface area (Å²) in [6, 6.07) is 0. The summed E-state index contributed by atoms with van der Waals surface area (Å²) in [4.78, 5) is 24.1. The van der Waals surface area contributed by atoms with E-state index < -0.39 is 10.9 Å². The molecule has 0 heterocycles. The van der Waals surface area contributed by atoms with Gasteiger partial charge in [-0.3, -0.25) is 9.59 Å². The van der Waals surface area contributed by atoms with Gasteiger partial charge in [-0.25, -0.2) is 0 Å². The highest BCUT2D eigenvalue weighted by molar-refractivity contribution is 5.73. The number of hydrogen-bond donors (Lipinski definition) is 2. The largest absolute Gasteiger partial charge is 0.383 e. The molecule has 0 saturated carbocycles.